The Labute approximate surface area is 101 Å². The topological polar surface area (TPSA) is 43.8 Å². The van der Waals surface area contributed by atoms with Crippen LogP contribution in [0.1, 0.15) is 35.4 Å². The predicted octanol–water partition coefficient (Wildman–Crippen LogP) is 2.70. The molecule has 0 radical (unpaired) electrons. The molecule has 2 N–H and O–H groups in total. The summed E-state index contributed by atoms with van der Waals surface area (Å²) in [4.78, 5) is 0. The van der Waals surface area contributed by atoms with Gasteiger partial charge in [0, 0.05) is 5.56 Å². The molecule has 3 rings (SSSR count). The van der Waals surface area contributed by atoms with Gasteiger partial charge in [-0.3, -0.25) is 0 Å². The van der Waals surface area contributed by atoms with Gasteiger partial charge in [-0.2, -0.15) is 5.10 Å². The Morgan fingerprint density at radius 3 is 2.76 bits per heavy atom. The van der Waals surface area contributed by atoms with E-state index in [9.17, 15) is 0 Å². The zero-order chi connectivity index (χ0) is 11.8. The standard InChI is InChI=1S/C14H17N3/c1-10-8-16-17(14(10)15)9-12-4-2-3-5-13(12)11-6-7-11/h2-5,8,11H,6-7,9,15H2,1H3. The molecule has 1 aliphatic rings. The molecule has 0 atom stereocenters. The summed E-state index contributed by atoms with van der Waals surface area (Å²) in [5, 5.41) is 4.32. The van der Waals surface area contributed by atoms with E-state index in [1.54, 1.807) is 0 Å². The van der Waals surface area contributed by atoms with Gasteiger partial charge in [-0.1, -0.05) is 24.3 Å². The van der Waals surface area contributed by atoms with E-state index in [4.69, 9.17) is 5.73 Å². The lowest BCUT2D eigenvalue weighted by molar-refractivity contribution is 0.691. The van der Waals surface area contributed by atoms with Gasteiger partial charge in [-0.05, 0) is 36.8 Å². The van der Waals surface area contributed by atoms with E-state index in [0.29, 0.717) is 0 Å². The Morgan fingerprint density at radius 1 is 1.35 bits per heavy atom. The van der Waals surface area contributed by atoms with E-state index in [-0.39, 0.29) is 0 Å². The molecule has 0 spiro atoms. The van der Waals surface area contributed by atoms with E-state index >= 15 is 0 Å². The minimum absolute atomic E-state index is 0.768. The molecule has 1 aromatic carbocycles. The van der Waals surface area contributed by atoms with Crippen molar-refractivity contribution in [3.05, 3.63) is 47.2 Å². The van der Waals surface area contributed by atoms with Crippen LogP contribution in [0.3, 0.4) is 0 Å². The average Bonchev–Trinajstić information content (AvgIpc) is 3.13. The lowest BCUT2D eigenvalue weighted by Gasteiger charge is -2.10. The summed E-state index contributed by atoms with van der Waals surface area (Å²) in [5.74, 6) is 1.54. The normalized spacial score (nSPS) is 15.1. The first-order chi connectivity index (χ1) is 8.25. The number of rotatable bonds is 3. The molecule has 0 aliphatic heterocycles. The summed E-state index contributed by atoms with van der Waals surface area (Å²) in [6, 6.07) is 8.63. The number of nitrogens with two attached hydrogens (primary N) is 1. The fourth-order valence-corrected chi connectivity index (χ4v) is 2.25. The third kappa shape index (κ3) is 1.93. The minimum Gasteiger partial charge on any atom is -0.384 e. The molecule has 1 saturated carbocycles. The van der Waals surface area contributed by atoms with Crippen LogP contribution in [0.15, 0.2) is 30.5 Å². The van der Waals surface area contributed by atoms with Crippen molar-refractivity contribution in [3.8, 4) is 0 Å². The second-order valence-corrected chi connectivity index (χ2v) is 4.84. The van der Waals surface area contributed by atoms with E-state index in [0.717, 1.165) is 23.8 Å². The fourth-order valence-electron chi connectivity index (χ4n) is 2.25. The van der Waals surface area contributed by atoms with Crippen molar-refractivity contribution < 1.29 is 0 Å². The molecule has 1 aromatic heterocycles. The van der Waals surface area contributed by atoms with Crippen LogP contribution in [0.5, 0.6) is 0 Å². The molecule has 1 fully saturated rings. The summed E-state index contributed by atoms with van der Waals surface area (Å²) in [7, 11) is 0. The molecule has 17 heavy (non-hydrogen) atoms. The first-order valence-electron chi connectivity index (χ1n) is 6.11. The molecule has 0 amide bonds. The highest BCUT2D eigenvalue weighted by atomic mass is 15.3. The molecular formula is C14H17N3. The van der Waals surface area contributed by atoms with Crippen molar-refractivity contribution in [2.75, 3.05) is 5.73 Å². The van der Waals surface area contributed by atoms with E-state index in [1.807, 2.05) is 17.8 Å². The molecule has 0 unspecified atom stereocenters. The maximum absolute atomic E-state index is 5.99. The number of benzene rings is 1. The van der Waals surface area contributed by atoms with Crippen LogP contribution in [0.25, 0.3) is 0 Å². The lowest BCUT2D eigenvalue weighted by Crippen LogP contribution is -2.07. The first-order valence-corrected chi connectivity index (χ1v) is 6.11. The second-order valence-electron chi connectivity index (χ2n) is 4.84. The molecular weight excluding hydrogens is 210 g/mol. The Bertz CT molecular complexity index is 538. The zero-order valence-electron chi connectivity index (χ0n) is 10.1. The van der Waals surface area contributed by atoms with Crippen molar-refractivity contribution in [3.63, 3.8) is 0 Å². The SMILES string of the molecule is Cc1cnn(Cc2ccccc2C2CC2)c1N. The summed E-state index contributed by atoms with van der Waals surface area (Å²) in [5.41, 5.74) is 9.87. The van der Waals surface area contributed by atoms with Gasteiger partial charge in [-0.15, -0.1) is 0 Å². The smallest absolute Gasteiger partial charge is 0.124 e. The van der Waals surface area contributed by atoms with Crippen molar-refractivity contribution >= 4 is 5.82 Å². The third-order valence-electron chi connectivity index (χ3n) is 3.47. The van der Waals surface area contributed by atoms with Gasteiger partial charge in [0.05, 0.1) is 12.7 Å². The number of aryl methyl sites for hydroxylation is 1. The zero-order valence-corrected chi connectivity index (χ0v) is 10.1. The number of hydrogen-bond acceptors (Lipinski definition) is 2. The highest BCUT2D eigenvalue weighted by molar-refractivity contribution is 5.39. The molecule has 3 heteroatoms. The van der Waals surface area contributed by atoms with Crippen LogP contribution in [0, 0.1) is 6.92 Å². The van der Waals surface area contributed by atoms with Crippen LogP contribution in [-0.4, -0.2) is 9.78 Å². The van der Waals surface area contributed by atoms with Gasteiger partial charge in [0.1, 0.15) is 5.82 Å². The molecule has 2 aromatic rings. The fraction of sp³-hybridized carbons (Fsp3) is 0.357. The Morgan fingerprint density at radius 2 is 2.12 bits per heavy atom. The van der Waals surface area contributed by atoms with Crippen LogP contribution in [0.2, 0.25) is 0 Å². The Hall–Kier alpha value is -1.77. The highest BCUT2D eigenvalue weighted by Crippen LogP contribution is 2.41. The molecule has 1 aliphatic carbocycles. The van der Waals surface area contributed by atoms with E-state index in [1.165, 1.54) is 24.0 Å². The van der Waals surface area contributed by atoms with Crippen LogP contribution in [-0.2, 0) is 6.54 Å². The maximum atomic E-state index is 5.99. The quantitative estimate of drug-likeness (QED) is 0.876. The Kier molecular flexibility index (Phi) is 2.39. The second kappa shape index (κ2) is 3.91. The number of aromatic nitrogens is 2. The highest BCUT2D eigenvalue weighted by Gasteiger charge is 2.25. The lowest BCUT2D eigenvalue weighted by atomic mass is 10.0. The third-order valence-corrected chi connectivity index (χ3v) is 3.47. The van der Waals surface area contributed by atoms with Gasteiger partial charge in [0.2, 0.25) is 0 Å². The van der Waals surface area contributed by atoms with Gasteiger partial charge < -0.3 is 5.73 Å². The van der Waals surface area contributed by atoms with Crippen molar-refractivity contribution in [2.24, 2.45) is 0 Å². The number of nitrogen functional groups attached to an aromatic ring is 1. The van der Waals surface area contributed by atoms with Crippen molar-refractivity contribution in [2.45, 2.75) is 32.2 Å². The molecule has 0 saturated heterocycles. The molecule has 1 heterocycles. The summed E-state index contributed by atoms with van der Waals surface area (Å²) >= 11 is 0. The predicted molar refractivity (Wildman–Crippen MR) is 68.9 cm³/mol. The average molecular weight is 227 g/mol. The molecule has 0 bridgehead atoms. The van der Waals surface area contributed by atoms with Gasteiger partial charge >= 0.3 is 0 Å². The van der Waals surface area contributed by atoms with Crippen LogP contribution >= 0.6 is 0 Å². The van der Waals surface area contributed by atoms with Crippen LogP contribution in [0.4, 0.5) is 5.82 Å². The monoisotopic (exact) mass is 227 g/mol. The molecule has 88 valence electrons. The summed E-state index contributed by atoms with van der Waals surface area (Å²) < 4.78 is 1.89. The summed E-state index contributed by atoms with van der Waals surface area (Å²) in [6.07, 6.45) is 4.48. The number of nitrogens with zero attached hydrogens (tertiary/aromatic N) is 2. The van der Waals surface area contributed by atoms with Crippen molar-refractivity contribution in [1.82, 2.24) is 9.78 Å². The summed E-state index contributed by atoms with van der Waals surface area (Å²) in [6.45, 7) is 2.78. The first kappa shape index (κ1) is 10.4. The largest absolute Gasteiger partial charge is 0.384 e. The van der Waals surface area contributed by atoms with Crippen molar-refractivity contribution in [1.29, 1.82) is 0 Å². The maximum Gasteiger partial charge on any atom is 0.124 e. The minimum atomic E-state index is 0.768. The van der Waals surface area contributed by atoms with E-state index in [2.05, 4.69) is 29.4 Å². The molecule has 3 nitrogen and oxygen atoms in total. The van der Waals surface area contributed by atoms with Gasteiger partial charge in [0.15, 0.2) is 0 Å². The van der Waals surface area contributed by atoms with Gasteiger partial charge in [-0.25, -0.2) is 4.68 Å². The van der Waals surface area contributed by atoms with E-state index < -0.39 is 0 Å². The van der Waals surface area contributed by atoms with Gasteiger partial charge in [0.25, 0.3) is 0 Å². The Balaban J connectivity index is 1.92. The number of anilines is 1. The number of hydrogen-bond donors (Lipinski definition) is 1. The van der Waals surface area contributed by atoms with Crippen LogP contribution < -0.4 is 5.73 Å².